The molecule has 0 saturated heterocycles. The van der Waals surface area contributed by atoms with E-state index in [-0.39, 0.29) is 24.2 Å². The zero-order chi connectivity index (χ0) is 26.9. The first kappa shape index (κ1) is 26.8. The van der Waals surface area contributed by atoms with Crippen LogP contribution >= 0.6 is 0 Å². The average Bonchev–Trinajstić information content (AvgIpc) is 3.36. The van der Waals surface area contributed by atoms with Crippen molar-refractivity contribution in [3.8, 4) is 16.9 Å². The molecule has 1 heterocycles. The number of halogens is 1. The number of hydrogen-bond acceptors (Lipinski definition) is 4. The molecule has 7 nitrogen and oxygen atoms in total. The van der Waals surface area contributed by atoms with Gasteiger partial charge in [-0.1, -0.05) is 49.4 Å². The van der Waals surface area contributed by atoms with E-state index in [4.69, 9.17) is 4.74 Å². The third-order valence-corrected chi connectivity index (χ3v) is 6.12. The summed E-state index contributed by atoms with van der Waals surface area (Å²) in [7, 11) is 1.60. The number of anilines is 1. The highest BCUT2D eigenvalue weighted by atomic mass is 19.1. The Balaban J connectivity index is 1.58. The van der Waals surface area contributed by atoms with Crippen LogP contribution in [-0.4, -0.2) is 53.3 Å². The third kappa shape index (κ3) is 6.72. The number of benzene rings is 3. The first-order valence-corrected chi connectivity index (χ1v) is 12.6. The Hall–Kier alpha value is -4.30. The highest BCUT2D eigenvalue weighted by Gasteiger charge is 2.21. The van der Waals surface area contributed by atoms with Crippen LogP contribution in [0.1, 0.15) is 29.3 Å². The van der Waals surface area contributed by atoms with E-state index in [0.717, 1.165) is 17.5 Å². The zero-order valence-corrected chi connectivity index (χ0v) is 21.6. The van der Waals surface area contributed by atoms with Crippen LogP contribution in [0, 0.1) is 5.82 Å². The fraction of sp³-hybridized carbons (Fsp3) is 0.233. The highest BCUT2D eigenvalue weighted by molar-refractivity contribution is 5.99. The van der Waals surface area contributed by atoms with Gasteiger partial charge in [0.15, 0.2) is 0 Å². The number of nitrogens with one attached hydrogen (secondary N) is 1. The lowest BCUT2D eigenvalue weighted by Crippen LogP contribution is -2.39. The molecular formula is C30H31FN4O3. The minimum Gasteiger partial charge on any atom is -0.385 e. The lowest BCUT2D eigenvalue weighted by atomic mass is 10.1. The van der Waals surface area contributed by atoms with Crippen LogP contribution < -0.4 is 5.32 Å². The van der Waals surface area contributed by atoms with Gasteiger partial charge in [-0.2, -0.15) is 5.10 Å². The Kier molecular flexibility index (Phi) is 9.00. The Morgan fingerprint density at radius 1 is 1.00 bits per heavy atom. The van der Waals surface area contributed by atoms with Crippen LogP contribution in [0.4, 0.5) is 10.2 Å². The molecule has 196 valence electrons. The maximum atomic E-state index is 13.6. The van der Waals surface area contributed by atoms with Gasteiger partial charge in [0.05, 0.1) is 11.4 Å². The summed E-state index contributed by atoms with van der Waals surface area (Å²) in [6.07, 6.45) is 1.47. The van der Waals surface area contributed by atoms with Crippen LogP contribution in [0.2, 0.25) is 0 Å². The number of nitrogens with zero attached hydrogens (tertiary/aromatic N) is 3. The van der Waals surface area contributed by atoms with Gasteiger partial charge in [-0.05, 0) is 54.8 Å². The molecule has 1 N–H and O–H groups in total. The number of methoxy groups -OCH3 is 1. The van der Waals surface area contributed by atoms with Crippen molar-refractivity contribution in [2.45, 2.75) is 19.8 Å². The predicted molar refractivity (Wildman–Crippen MR) is 146 cm³/mol. The van der Waals surface area contributed by atoms with Gasteiger partial charge in [-0.25, -0.2) is 9.07 Å². The number of aryl methyl sites for hydroxylation is 1. The number of carbonyl (C=O) groups excluding carboxylic acids is 2. The van der Waals surface area contributed by atoms with E-state index in [2.05, 4.69) is 17.3 Å². The number of carbonyl (C=O) groups is 2. The summed E-state index contributed by atoms with van der Waals surface area (Å²) in [5.41, 5.74) is 3.77. The van der Waals surface area contributed by atoms with Crippen molar-refractivity contribution in [3.63, 3.8) is 0 Å². The van der Waals surface area contributed by atoms with Gasteiger partial charge < -0.3 is 15.0 Å². The number of aromatic nitrogens is 2. The molecule has 0 spiro atoms. The van der Waals surface area contributed by atoms with Crippen LogP contribution in [0.15, 0.2) is 84.9 Å². The first-order chi connectivity index (χ1) is 18.5. The van der Waals surface area contributed by atoms with Crippen molar-refractivity contribution >= 4 is 17.6 Å². The molecule has 38 heavy (non-hydrogen) atoms. The van der Waals surface area contributed by atoms with Gasteiger partial charge in [0.2, 0.25) is 5.91 Å². The normalized spacial score (nSPS) is 10.8. The molecular weight excluding hydrogens is 483 g/mol. The minimum atomic E-state index is -0.371. The summed E-state index contributed by atoms with van der Waals surface area (Å²) in [4.78, 5) is 28.0. The first-order valence-electron chi connectivity index (χ1n) is 12.6. The third-order valence-electron chi connectivity index (χ3n) is 6.12. The molecule has 1 aromatic heterocycles. The lowest BCUT2D eigenvalue weighted by Gasteiger charge is -2.22. The second-order valence-corrected chi connectivity index (χ2v) is 8.84. The molecule has 0 unspecified atom stereocenters. The maximum Gasteiger partial charge on any atom is 0.254 e. The lowest BCUT2D eigenvalue weighted by molar-refractivity contribution is -0.117. The molecule has 0 fully saturated rings. The van der Waals surface area contributed by atoms with Gasteiger partial charge in [0.1, 0.15) is 18.2 Å². The van der Waals surface area contributed by atoms with Crippen LogP contribution in [-0.2, 0) is 16.0 Å². The molecule has 3 aromatic carbocycles. The Bertz CT molecular complexity index is 1350. The summed E-state index contributed by atoms with van der Waals surface area (Å²) in [6, 6.07) is 24.6. The zero-order valence-electron chi connectivity index (χ0n) is 21.6. The molecule has 0 saturated carbocycles. The van der Waals surface area contributed by atoms with Crippen molar-refractivity contribution in [2.75, 3.05) is 32.1 Å². The fourth-order valence-electron chi connectivity index (χ4n) is 4.07. The molecule has 4 rings (SSSR count). The van der Waals surface area contributed by atoms with Gasteiger partial charge in [-0.15, -0.1) is 0 Å². The number of ether oxygens (including phenoxy) is 1. The van der Waals surface area contributed by atoms with E-state index in [1.807, 2.05) is 42.5 Å². The Morgan fingerprint density at radius 2 is 1.71 bits per heavy atom. The number of amides is 2. The van der Waals surface area contributed by atoms with E-state index in [1.54, 1.807) is 42.1 Å². The molecule has 0 aliphatic rings. The molecule has 0 aliphatic heterocycles. The fourth-order valence-corrected chi connectivity index (χ4v) is 4.07. The van der Waals surface area contributed by atoms with Gasteiger partial charge in [0.25, 0.3) is 5.91 Å². The molecule has 0 aliphatic carbocycles. The van der Waals surface area contributed by atoms with E-state index in [0.29, 0.717) is 42.3 Å². The van der Waals surface area contributed by atoms with Crippen molar-refractivity contribution < 1.29 is 18.7 Å². The van der Waals surface area contributed by atoms with Crippen LogP contribution in [0.3, 0.4) is 0 Å². The summed E-state index contributed by atoms with van der Waals surface area (Å²) in [6.45, 7) is 2.74. The second-order valence-electron chi connectivity index (χ2n) is 8.84. The molecule has 8 heteroatoms. The largest absolute Gasteiger partial charge is 0.385 e. The Morgan fingerprint density at radius 3 is 2.37 bits per heavy atom. The molecule has 2 amide bonds. The summed E-state index contributed by atoms with van der Waals surface area (Å²) in [5.74, 6) is -0.552. The van der Waals surface area contributed by atoms with Gasteiger partial charge in [-0.3, -0.25) is 9.59 Å². The van der Waals surface area contributed by atoms with Crippen LogP contribution in [0.25, 0.3) is 16.9 Å². The molecule has 0 atom stereocenters. The van der Waals surface area contributed by atoms with E-state index in [1.165, 1.54) is 17.0 Å². The summed E-state index contributed by atoms with van der Waals surface area (Å²) >= 11 is 0. The average molecular weight is 515 g/mol. The van der Waals surface area contributed by atoms with Crippen molar-refractivity contribution in [3.05, 3.63) is 102 Å². The Labute approximate surface area is 221 Å². The van der Waals surface area contributed by atoms with Gasteiger partial charge >= 0.3 is 0 Å². The summed E-state index contributed by atoms with van der Waals surface area (Å²) < 4.78 is 20.3. The number of rotatable bonds is 11. The van der Waals surface area contributed by atoms with Crippen LogP contribution in [0.5, 0.6) is 0 Å². The van der Waals surface area contributed by atoms with Crippen molar-refractivity contribution in [1.29, 1.82) is 0 Å². The van der Waals surface area contributed by atoms with Gasteiger partial charge in [0, 0.05) is 37.5 Å². The maximum absolute atomic E-state index is 13.6. The quantitative estimate of drug-likeness (QED) is 0.274. The molecule has 0 bridgehead atoms. The number of hydrogen-bond donors (Lipinski definition) is 1. The molecule has 4 aromatic rings. The predicted octanol–water partition coefficient (Wildman–Crippen LogP) is 5.36. The van der Waals surface area contributed by atoms with E-state index < -0.39 is 0 Å². The van der Waals surface area contributed by atoms with Crippen molar-refractivity contribution in [1.82, 2.24) is 14.7 Å². The monoisotopic (exact) mass is 514 g/mol. The second kappa shape index (κ2) is 12.8. The minimum absolute atomic E-state index is 0.145. The smallest absolute Gasteiger partial charge is 0.254 e. The topological polar surface area (TPSA) is 76.5 Å². The standard InChI is InChI=1S/C30H31FN4O3/c1-3-22-10-12-24(13-11-22)30(37)34(18-7-19-38-2)21-29(36)32-28-20-27(23-8-5-4-6-9-23)33-35(28)26-16-14-25(31)15-17-26/h4-6,8-17,20H,3,7,18-19,21H2,1-2H3,(H,32,36). The van der Waals surface area contributed by atoms with Crippen molar-refractivity contribution in [2.24, 2.45) is 0 Å². The van der Waals surface area contributed by atoms with E-state index in [9.17, 15) is 14.0 Å². The highest BCUT2D eigenvalue weighted by Crippen LogP contribution is 2.25. The summed E-state index contributed by atoms with van der Waals surface area (Å²) in [5, 5.41) is 7.56. The molecule has 0 radical (unpaired) electrons. The van der Waals surface area contributed by atoms with E-state index >= 15 is 0 Å². The SMILES string of the molecule is CCc1ccc(C(=O)N(CCCOC)CC(=O)Nc2cc(-c3ccccc3)nn2-c2ccc(F)cc2)cc1.